The number of rotatable bonds is 6. The highest BCUT2D eigenvalue weighted by atomic mass is 16.1. The fourth-order valence-corrected chi connectivity index (χ4v) is 1.36. The van der Waals surface area contributed by atoms with Gasteiger partial charge in [0, 0.05) is 11.3 Å². The van der Waals surface area contributed by atoms with Crippen LogP contribution in [0.3, 0.4) is 0 Å². The lowest BCUT2D eigenvalue weighted by Crippen LogP contribution is -2.24. The standard InChI is InChI=1S/C13H20N2O/c1-10(2)7-8-15-9-13(16)11-3-5-12(14)6-4-11/h3-6,10,15H,7-9,14H2,1-2H3. The van der Waals surface area contributed by atoms with Gasteiger partial charge in [-0.15, -0.1) is 0 Å². The van der Waals surface area contributed by atoms with Gasteiger partial charge < -0.3 is 11.1 Å². The van der Waals surface area contributed by atoms with Crippen LogP contribution in [0.25, 0.3) is 0 Å². The summed E-state index contributed by atoms with van der Waals surface area (Å²) in [5.41, 5.74) is 6.95. The number of nitrogens with two attached hydrogens (primary N) is 1. The van der Waals surface area contributed by atoms with Crippen LogP contribution in [0.15, 0.2) is 24.3 Å². The van der Waals surface area contributed by atoms with Crippen molar-refractivity contribution in [3.8, 4) is 0 Å². The molecule has 88 valence electrons. The number of ketones is 1. The molecule has 16 heavy (non-hydrogen) atoms. The van der Waals surface area contributed by atoms with Gasteiger partial charge in [0.1, 0.15) is 0 Å². The number of hydrogen-bond donors (Lipinski definition) is 2. The van der Waals surface area contributed by atoms with Crippen molar-refractivity contribution in [2.45, 2.75) is 20.3 Å². The summed E-state index contributed by atoms with van der Waals surface area (Å²) >= 11 is 0. The maximum atomic E-state index is 11.7. The zero-order valence-corrected chi connectivity index (χ0v) is 9.99. The molecule has 3 nitrogen and oxygen atoms in total. The van der Waals surface area contributed by atoms with E-state index >= 15 is 0 Å². The first-order valence-corrected chi connectivity index (χ1v) is 5.69. The van der Waals surface area contributed by atoms with E-state index in [9.17, 15) is 4.79 Å². The van der Waals surface area contributed by atoms with Crippen LogP contribution in [0.5, 0.6) is 0 Å². The number of anilines is 1. The Morgan fingerprint density at radius 3 is 2.50 bits per heavy atom. The molecule has 0 atom stereocenters. The molecule has 0 aromatic heterocycles. The second-order valence-electron chi connectivity index (χ2n) is 4.40. The van der Waals surface area contributed by atoms with Gasteiger partial charge in [0.15, 0.2) is 5.78 Å². The van der Waals surface area contributed by atoms with E-state index in [1.807, 2.05) is 0 Å². The van der Waals surface area contributed by atoms with Crippen LogP contribution in [0.4, 0.5) is 5.69 Å². The third-order valence-corrected chi connectivity index (χ3v) is 2.42. The average molecular weight is 220 g/mol. The van der Waals surface area contributed by atoms with Gasteiger partial charge in [-0.1, -0.05) is 13.8 Å². The normalized spacial score (nSPS) is 10.7. The van der Waals surface area contributed by atoms with Crippen LogP contribution in [-0.4, -0.2) is 18.9 Å². The zero-order valence-electron chi connectivity index (χ0n) is 9.99. The molecular formula is C13H20N2O. The average Bonchev–Trinajstić information content (AvgIpc) is 2.25. The number of nitrogens with one attached hydrogen (secondary N) is 1. The molecule has 0 unspecified atom stereocenters. The molecule has 0 fully saturated rings. The molecule has 3 heteroatoms. The number of nitrogen functional groups attached to an aromatic ring is 1. The van der Waals surface area contributed by atoms with Crippen LogP contribution in [0.1, 0.15) is 30.6 Å². The lowest BCUT2D eigenvalue weighted by atomic mass is 10.1. The number of carbonyl (C=O) groups excluding carboxylic acids is 1. The Labute approximate surface area is 97.0 Å². The summed E-state index contributed by atoms with van der Waals surface area (Å²) in [6, 6.07) is 7.03. The highest BCUT2D eigenvalue weighted by molar-refractivity contribution is 5.97. The topological polar surface area (TPSA) is 55.1 Å². The fraction of sp³-hybridized carbons (Fsp3) is 0.462. The number of Topliss-reactive ketones (excluding diaryl/α,β-unsaturated/α-hetero) is 1. The molecule has 0 aliphatic carbocycles. The molecule has 1 aromatic rings. The van der Waals surface area contributed by atoms with Gasteiger partial charge in [-0.2, -0.15) is 0 Å². The Morgan fingerprint density at radius 2 is 1.94 bits per heavy atom. The zero-order chi connectivity index (χ0) is 12.0. The van der Waals surface area contributed by atoms with Crippen LogP contribution < -0.4 is 11.1 Å². The first-order chi connectivity index (χ1) is 7.59. The van der Waals surface area contributed by atoms with E-state index in [1.54, 1.807) is 24.3 Å². The molecule has 1 rings (SSSR count). The highest BCUT2D eigenvalue weighted by Gasteiger charge is 2.04. The molecule has 0 radical (unpaired) electrons. The van der Waals surface area contributed by atoms with Crippen molar-refractivity contribution in [1.29, 1.82) is 0 Å². The minimum atomic E-state index is 0.115. The Kier molecular flexibility index (Phi) is 4.99. The molecule has 1 aromatic carbocycles. The maximum absolute atomic E-state index is 11.7. The molecule has 0 heterocycles. The Bertz CT molecular complexity index is 330. The molecule has 0 aliphatic rings. The van der Waals surface area contributed by atoms with Gasteiger partial charge in [0.05, 0.1) is 6.54 Å². The predicted octanol–water partition coefficient (Wildman–Crippen LogP) is 2.09. The predicted molar refractivity (Wildman–Crippen MR) is 67.5 cm³/mol. The molecule has 0 saturated carbocycles. The van der Waals surface area contributed by atoms with Crippen LogP contribution in [0, 0.1) is 5.92 Å². The van der Waals surface area contributed by atoms with Gasteiger partial charge >= 0.3 is 0 Å². The van der Waals surface area contributed by atoms with Crippen LogP contribution >= 0.6 is 0 Å². The van der Waals surface area contributed by atoms with Crippen molar-refractivity contribution in [3.05, 3.63) is 29.8 Å². The SMILES string of the molecule is CC(C)CCNCC(=O)c1ccc(N)cc1. The van der Waals surface area contributed by atoms with E-state index in [0.717, 1.165) is 13.0 Å². The number of carbonyl (C=O) groups is 1. The molecule has 0 spiro atoms. The molecule has 3 N–H and O–H groups in total. The van der Waals surface area contributed by atoms with E-state index in [4.69, 9.17) is 5.73 Å². The first-order valence-electron chi connectivity index (χ1n) is 5.69. The monoisotopic (exact) mass is 220 g/mol. The van der Waals surface area contributed by atoms with E-state index in [-0.39, 0.29) is 5.78 Å². The second kappa shape index (κ2) is 6.28. The minimum Gasteiger partial charge on any atom is -0.399 e. The lowest BCUT2D eigenvalue weighted by Gasteiger charge is -2.06. The maximum Gasteiger partial charge on any atom is 0.176 e. The van der Waals surface area contributed by atoms with Crippen molar-refractivity contribution in [2.24, 2.45) is 5.92 Å². The van der Waals surface area contributed by atoms with Crippen molar-refractivity contribution >= 4 is 11.5 Å². The van der Waals surface area contributed by atoms with Gasteiger partial charge in [0.25, 0.3) is 0 Å². The third-order valence-electron chi connectivity index (χ3n) is 2.42. The minimum absolute atomic E-state index is 0.115. The Hall–Kier alpha value is -1.35. The van der Waals surface area contributed by atoms with E-state index < -0.39 is 0 Å². The molecule has 0 saturated heterocycles. The number of benzene rings is 1. The lowest BCUT2D eigenvalue weighted by molar-refractivity contribution is 0.0991. The highest BCUT2D eigenvalue weighted by Crippen LogP contribution is 2.05. The van der Waals surface area contributed by atoms with Crippen molar-refractivity contribution in [1.82, 2.24) is 5.32 Å². The first kappa shape index (κ1) is 12.7. The van der Waals surface area contributed by atoms with Gasteiger partial charge in [0.2, 0.25) is 0 Å². The van der Waals surface area contributed by atoms with E-state index in [0.29, 0.717) is 23.7 Å². The molecular weight excluding hydrogens is 200 g/mol. The summed E-state index contributed by atoms with van der Waals surface area (Å²) in [7, 11) is 0. The molecule has 0 amide bonds. The summed E-state index contributed by atoms with van der Waals surface area (Å²) in [6.07, 6.45) is 1.09. The van der Waals surface area contributed by atoms with E-state index in [1.165, 1.54) is 0 Å². The quantitative estimate of drug-likeness (QED) is 0.438. The summed E-state index contributed by atoms with van der Waals surface area (Å²) in [6.45, 7) is 5.63. The Balaban J connectivity index is 2.32. The summed E-state index contributed by atoms with van der Waals surface area (Å²) in [5, 5.41) is 3.15. The largest absolute Gasteiger partial charge is 0.399 e. The molecule has 0 aliphatic heterocycles. The number of hydrogen-bond acceptors (Lipinski definition) is 3. The Morgan fingerprint density at radius 1 is 1.31 bits per heavy atom. The summed E-state index contributed by atoms with van der Waals surface area (Å²) in [5.74, 6) is 0.780. The van der Waals surface area contributed by atoms with Crippen molar-refractivity contribution in [3.63, 3.8) is 0 Å². The smallest absolute Gasteiger partial charge is 0.176 e. The van der Waals surface area contributed by atoms with Crippen LogP contribution in [0.2, 0.25) is 0 Å². The third kappa shape index (κ3) is 4.45. The van der Waals surface area contributed by atoms with Gasteiger partial charge in [-0.05, 0) is 43.1 Å². The molecule has 0 bridgehead atoms. The fourth-order valence-electron chi connectivity index (χ4n) is 1.36. The van der Waals surface area contributed by atoms with Crippen LogP contribution in [-0.2, 0) is 0 Å². The van der Waals surface area contributed by atoms with Crippen molar-refractivity contribution < 1.29 is 4.79 Å². The van der Waals surface area contributed by atoms with Gasteiger partial charge in [-0.25, -0.2) is 0 Å². The summed E-state index contributed by atoms with van der Waals surface area (Å²) in [4.78, 5) is 11.7. The van der Waals surface area contributed by atoms with E-state index in [2.05, 4.69) is 19.2 Å². The second-order valence-corrected chi connectivity index (χ2v) is 4.40. The summed E-state index contributed by atoms with van der Waals surface area (Å²) < 4.78 is 0. The van der Waals surface area contributed by atoms with Gasteiger partial charge in [-0.3, -0.25) is 4.79 Å². The van der Waals surface area contributed by atoms with Crippen molar-refractivity contribution in [2.75, 3.05) is 18.8 Å².